The summed E-state index contributed by atoms with van der Waals surface area (Å²) in [7, 11) is 0. The molecular formula is C19H28N2O. The highest BCUT2D eigenvalue weighted by atomic mass is 16.1. The molecule has 1 aromatic rings. The molecule has 1 amide bonds. The van der Waals surface area contributed by atoms with Gasteiger partial charge in [-0.1, -0.05) is 42.0 Å². The lowest BCUT2D eigenvalue weighted by molar-refractivity contribution is -0.121. The molecular weight excluding hydrogens is 272 g/mol. The van der Waals surface area contributed by atoms with Crippen LogP contribution in [0.15, 0.2) is 42.0 Å². The van der Waals surface area contributed by atoms with Gasteiger partial charge in [0.05, 0.1) is 6.04 Å². The Morgan fingerprint density at radius 2 is 2.00 bits per heavy atom. The Bertz CT molecular complexity index is 481. The molecule has 0 aliphatic heterocycles. The van der Waals surface area contributed by atoms with Crippen molar-refractivity contribution >= 4 is 5.91 Å². The Labute approximate surface area is 134 Å². The van der Waals surface area contributed by atoms with E-state index in [4.69, 9.17) is 0 Å². The predicted octanol–water partition coefficient (Wildman–Crippen LogP) is 3.73. The quantitative estimate of drug-likeness (QED) is 0.567. The Morgan fingerprint density at radius 1 is 1.18 bits per heavy atom. The number of hydrogen-bond donors (Lipinski definition) is 2. The van der Waals surface area contributed by atoms with Crippen molar-refractivity contribution in [2.45, 2.75) is 51.5 Å². The minimum absolute atomic E-state index is 0.0705. The van der Waals surface area contributed by atoms with Crippen LogP contribution < -0.4 is 10.6 Å². The Balaban J connectivity index is 1.57. The van der Waals surface area contributed by atoms with Gasteiger partial charge in [0, 0.05) is 13.0 Å². The number of allylic oxidation sites excluding steroid dienone is 1. The van der Waals surface area contributed by atoms with E-state index in [9.17, 15) is 4.79 Å². The largest absolute Gasteiger partial charge is 0.350 e. The second-order valence-electron chi connectivity index (χ2n) is 6.06. The zero-order valence-electron chi connectivity index (χ0n) is 13.6. The van der Waals surface area contributed by atoms with Crippen LogP contribution in [0.4, 0.5) is 0 Å². The molecule has 0 bridgehead atoms. The van der Waals surface area contributed by atoms with E-state index in [0.717, 1.165) is 25.1 Å². The summed E-state index contributed by atoms with van der Waals surface area (Å²) in [5.41, 5.74) is 2.73. The van der Waals surface area contributed by atoms with Crippen molar-refractivity contribution < 1.29 is 4.79 Å². The second kappa shape index (κ2) is 9.42. The third kappa shape index (κ3) is 6.02. The minimum atomic E-state index is 0.0705. The maximum Gasteiger partial charge on any atom is 0.221 e. The highest BCUT2D eigenvalue weighted by Gasteiger charge is 2.08. The van der Waals surface area contributed by atoms with E-state index in [1.807, 2.05) is 37.3 Å². The number of carbonyl (C=O) groups excluding carboxylic acids is 1. The molecule has 3 nitrogen and oxygen atoms in total. The molecule has 2 rings (SSSR count). The van der Waals surface area contributed by atoms with Gasteiger partial charge in [-0.2, -0.15) is 0 Å². The Morgan fingerprint density at radius 3 is 2.73 bits per heavy atom. The van der Waals surface area contributed by atoms with E-state index < -0.39 is 0 Å². The van der Waals surface area contributed by atoms with Crippen LogP contribution in [0.1, 0.15) is 57.1 Å². The third-order valence-electron chi connectivity index (χ3n) is 4.21. The molecule has 1 aromatic carbocycles. The summed E-state index contributed by atoms with van der Waals surface area (Å²) in [6.45, 7) is 3.75. The molecule has 0 fully saturated rings. The second-order valence-corrected chi connectivity index (χ2v) is 6.06. The molecule has 1 aliphatic rings. The predicted molar refractivity (Wildman–Crippen MR) is 91.7 cm³/mol. The topological polar surface area (TPSA) is 41.1 Å². The number of hydrogen-bond acceptors (Lipinski definition) is 2. The fraction of sp³-hybridized carbons (Fsp3) is 0.526. The number of amides is 1. The number of benzene rings is 1. The van der Waals surface area contributed by atoms with Gasteiger partial charge in [-0.25, -0.2) is 0 Å². The number of nitrogens with one attached hydrogen (secondary N) is 2. The minimum Gasteiger partial charge on any atom is -0.350 e. The van der Waals surface area contributed by atoms with E-state index >= 15 is 0 Å². The summed E-state index contributed by atoms with van der Waals surface area (Å²) < 4.78 is 0. The van der Waals surface area contributed by atoms with E-state index in [0.29, 0.717) is 6.42 Å². The SMILES string of the molecule is CC(NC(=O)CCNCCC1=CCCCC1)c1ccccc1. The van der Waals surface area contributed by atoms with Crippen molar-refractivity contribution in [3.05, 3.63) is 47.5 Å². The molecule has 0 spiro atoms. The number of carbonyl (C=O) groups is 1. The molecule has 1 atom stereocenters. The molecule has 0 radical (unpaired) electrons. The van der Waals surface area contributed by atoms with Gasteiger partial charge in [-0.15, -0.1) is 0 Å². The van der Waals surface area contributed by atoms with Gasteiger partial charge < -0.3 is 10.6 Å². The molecule has 0 heterocycles. The first-order valence-electron chi connectivity index (χ1n) is 8.48. The molecule has 1 aliphatic carbocycles. The molecule has 0 saturated heterocycles. The van der Waals surface area contributed by atoms with Crippen LogP contribution in [0.3, 0.4) is 0 Å². The molecule has 2 N–H and O–H groups in total. The van der Waals surface area contributed by atoms with Crippen molar-refractivity contribution in [1.82, 2.24) is 10.6 Å². The Kier molecular flexibility index (Phi) is 7.17. The monoisotopic (exact) mass is 300 g/mol. The lowest BCUT2D eigenvalue weighted by Crippen LogP contribution is -2.30. The molecule has 120 valence electrons. The maximum atomic E-state index is 11.9. The summed E-state index contributed by atoms with van der Waals surface area (Å²) in [5.74, 6) is 0.112. The van der Waals surface area contributed by atoms with Crippen LogP contribution in [0.25, 0.3) is 0 Å². The Hall–Kier alpha value is -1.61. The van der Waals surface area contributed by atoms with Gasteiger partial charge in [0.1, 0.15) is 0 Å². The van der Waals surface area contributed by atoms with E-state index in [2.05, 4.69) is 16.7 Å². The first kappa shape index (κ1) is 16.8. The van der Waals surface area contributed by atoms with Gasteiger partial charge in [0.15, 0.2) is 0 Å². The number of rotatable bonds is 8. The average molecular weight is 300 g/mol. The highest BCUT2D eigenvalue weighted by Crippen LogP contribution is 2.19. The summed E-state index contributed by atoms with van der Waals surface area (Å²) in [5, 5.41) is 6.42. The van der Waals surface area contributed by atoms with Gasteiger partial charge in [-0.3, -0.25) is 4.79 Å². The average Bonchev–Trinajstić information content (AvgIpc) is 2.56. The first-order valence-corrected chi connectivity index (χ1v) is 8.48. The summed E-state index contributed by atoms with van der Waals surface area (Å²) in [6, 6.07) is 10.1. The summed E-state index contributed by atoms with van der Waals surface area (Å²) in [6.07, 6.45) is 9.24. The standard InChI is InChI=1S/C19H28N2O/c1-16(18-10-6-3-7-11-18)21-19(22)13-15-20-14-12-17-8-4-2-5-9-17/h3,6-8,10-11,16,20H,2,4-5,9,12-15H2,1H3,(H,21,22). The molecule has 3 heteroatoms. The van der Waals surface area contributed by atoms with Crippen LogP contribution in [0.2, 0.25) is 0 Å². The van der Waals surface area contributed by atoms with Crippen molar-refractivity contribution in [1.29, 1.82) is 0 Å². The van der Waals surface area contributed by atoms with Crippen molar-refractivity contribution in [2.24, 2.45) is 0 Å². The zero-order chi connectivity index (χ0) is 15.6. The van der Waals surface area contributed by atoms with Crippen molar-refractivity contribution in [3.63, 3.8) is 0 Å². The maximum absolute atomic E-state index is 11.9. The van der Waals surface area contributed by atoms with Crippen LogP contribution in [0.5, 0.6) is 0 Å². The lowest BCUT2D eigenvalue weighted by atomic mass is 9.97. The van der Waals surface area contributed by atoms with Gasteiger partial charge in [0.25, 0.3) is 0 Å². The van der Waals surface area contributed by atoms with Gasteiger partial charge >= 0.3 is 0 Å². The zero-order valence-corrected chi connectivity index (χ0v) is 13.6. The lowest BCUT2D eigenvalue weighted by Gasteiger charge is -2.15. The van der Waals surface area contributed by atoms with Crippen molar-refractivity contribution in [3.8, 4) is 0 Å². The van der Waals surface area contributed by atoms with Crippen LogP contribution >= 0.6 is 0 Å². The van der Waals surface area contributed by atoms with Crippen molar-refractivity contribution in [2.75, 3.05) is 13.1 Å². The summed E-state index contributed by atoms with van der Waals surface area (Å²) in [4.78, 5) is 11.9. The molecule has 0 aromatic heterocycles. The first-order chi connectivity index (χ1) is 10.8. The van der Waals surface area contributed by atoms with Gasteiger partial charge in [0.2, 0.25) is 5.91 Å². The van der Waals surface area contributed by atoms with E-state index in [-0.39, 0.29) is 11.9 Å². The fourth-order valence-electron chi connectivity index (χ4n) is 2.85. The molecule has 22 heavy (non-hydrogen) atoms. The van der Waals surface area contributed by atoms with Crippen LogP contribution in [-0.2, 0) is 4.79 Å². The van der Waals surface area contributed by atoms with Crippen LogP contribution in [-0.4, -0.2) is 19.0 Å². The fourth-order valence-corrected chi connectivity index (χ4v) is 2.85. The molecule has 1 unspecified atom stereocenters. The van der Waals surface area contributed by atoms with Gasteiger partial charge in [-0.05, 0) is 51.1 Å². The highest BCUT2D eigenvalue weighted by molar-refractivity contribution is 5.76. The normalized spacial score (nSPS) is 16.0. The summed E-state index contributed by atoms with van der Waals surface area (Å²) >= 11 is 0. The molecule has 0 saturated carbocycles. The smallest absolute Gasteiger partial charge is 0.221 e. The van der Waals surface area contributed by atoms with Crippen LogP contribution in [0, 0.1) is 0 Å². The third-order valence-corrected chi connectivity index (χ3v) is 4.21. The van der Waals surface area contributed by atoms with E-state index in [1.54, 1.807) is 5.57 Å². The van der Waals surface area contributed by atoms with E-state index in [1.165, 1.54) is 25.7 Å².